The summed E-state index contributed by atoms with van der Waals surface area (Å²) in [7, 11) is 1.39. The number of imidazole rings is 1. The van der Waals surface area contributed by atoms with E-state index in [1.165, 1.54) is 11.6 Å². The maximum Gasteiger partial charge on any atom is 0.458 e. The van der Waals surface area contributed by atoms with Gasteiger partial charge in [-0.3, -0.25) is 0 Å². The number of thiophene rings is 1. The molecule has 0 bridgehead atoms. The van der Waals surface area contributed by atoms with Crippen LogP contribution in [-0.2, 0) is 19.1 Å². The van der Waals surface area contributed by atoms with Crippen LogP contribution >= 0.6 is 23.1 Å². The van der Waals surface area contributed by atoms with Crippen molar-refractivity contribution in [3.8, 4) is 11.4 Å². The van der Waals surface area contributed by atoms with Gasteiger partial charge in [-0.1, -0.05) is 6.92 Å². The fourth-order valence-electron chi connectivity index (χ4n) is 2.56. The van der Waals surface area contributed by atoms with E-state index in [0.717, 1.165) is 17.8 Å². The van der Waals surface area contributed by atoms with Crippen LogP contribution in [0.3, 0.4) is 0 Å². The number of aryl methyl sites for hydroxylation is 1. The van der Waals surface area contributed by atoms with Crippen molar-refractivity contribution in [3.63, 3.8) is 0 Å². The molecule has 3 aromatic rings. The van der Waals surface area contributed by atoms with Crippen molar-refractivity contribution in [2.75, 3.05) is 5.75 Å². The molecule has 0 saturated heterocycles. The van der Waals surface area contributed by atoms with Gasteiger partial charge in [-0.2, -0.15) is 35.1 Å². The highest BCUT2D eigenvalue weighted by molar-refractivity contribution is 8.01. The van der Waals surface area contributed by atoms with Crippen LogP contribution in [0.5, 0.6) is 0 Å². The second-order valence-electron chi connectivity index (χ2n) is 5.88. The lowest BCUT2D eigenvalue weighted by molar-refractivity contribution is -0.289. The molecule has 0 aromatic carbocycles. The van der Waals surface area contributed by atoms with E-state index < -0.39 is 28.7 Å². The van der Waals surface area contributed by atoms with Gasteiger partial charge in [0.2, 0.25) is 0 Å². The Labute approximate surface area is 166 Å². The molecule has 0 atom stereocenters. The Bertz CT molecular complexity index is 1050. The van der Waals surface area contributed by atoms with Gasteiger partial charge in [0.15, 0.2) is 5.65 Å². The van der Waals surface area contributed by atoms with Crippen LogP contribution in [0, 0.1) is 0 Å². The van der Waals surface area contributed by atoms with E-state index >= 15 is 0 Å². The van der Waals surface area contributed by atoms with Gasteiger partial charge in [0, 0.05) is 18.8 Å². The lowest BCUT2D eigenvalue weighted by atomic mass is 10.1. The predicted molar refractivity (Wildman–Crippen MR) is 93.2 cm³/mol. The first-order valence-electron chi connectivity index (χ1n) is 7.89. The van der Waals surface area contributed by atoms with E-state index in [1.807, 2.05) is 0 Å². The van der Waals surface area contributed by atoms with Crippen LogP contribution in [0.4, 0.5) is 35.1 Å². The third kappa shape index (κ3) is 3.81. The van der Waals surface area contributed by atoms with Crippen molar-refractivity contribution in [1.29, 1.82) is 0 Å². The largest absolute Gasteiger partial charge is 0.458 e. The van der Waals surface area contributed by atoms with Gasteiger partial charge in [-0.05, 0) is 17.9 Å². The minimum atomic E-state index is -5.82. The van der Waals surface area contributed by atoms with E-state index in [1.54, 1.807) is 6.92 Å². The van der Waals surface area contributed by atoms with Crippen LogP contribution in [-0.4, -0.2) is 26.5 Å². The van der Waals surface area contributed by atoms with Gasteiger partial charge in [0.05, 0.1) is 9.77 Å². The minimum absolute atomic E-state index is 0.0114. The maximum absolute atomic E-state index is 13.6. The van der Waals surface area contributed by atoms with E-state index in [2.05, 4.69) is 9.97 Å². The lowest BCUT2D eigenvalue weighted by Crippen LogP contribution is -2.33. The molecule has 158 valence electrons. The normalized spacial score (nSPS) is 13.4. The summed E-state index contributed by atoms with van der Waals surface area (Å²) >= 11 is 1.65. The molecule has 13 heteroatoms. The van der Waals surface area contributed by atoms with E-state index in [4.69, 9.17) is 0 Å². The standard InChI is InChI=1S/C16H11F8N3S2/c1-3-28-13-8(5-10(29-13)15(19,20)21)11-26-9-4-7(6-25-12(9)27(11)2)14(17,18)16(22,23)24/h4-6H,3H2,1-2H3. The van der Waals surface area contributed by atoms with Crippen LogP contribution in [0.25, 0.3) is 22.6 Å². The molecule has 29 heavy (non-hydrogen) atoms. The minimum Gasteiger partial charge on any atom is -0.312 e. The highest BCUT2D eigenvalue weighted by Gasteiger charge is 2.59. The smallest absolute Gasteiger partial charge is 0.312 e. The van der Waals surface area contributed by atoms with E-state index in [0.29, 0.717) is 33.6 Å². The number of hydrogen-bond donors (Lipinski definition) is 0. The zero-order chi connectivity index (χ0) is 21.8. The van der Waals surface area contributed by atoms with Crippen molar-refractivity contribution in [2.24, 2.45) is 7.05 Å². The van der Waals surface area contributed by atoms with Crippen molar-refractivity contribution < 1.29 is 35.1 Å². The molecule has 3 heterocycles. The number of pyridine rings is 1. The molecular formula is C16H11F8N3S2. The Hall–Kier alpha value is -1.89. The number of rotatable bonds is 4. The van der Waals surface area contributed by atoms with Crippen LogP contribution in [0.2, 0.25) is 0 Å². The first-order chi connectivity index (χ1) is 13.3. The fourth-order valence-corrected chi connectivity index (χ4v) is 4.74. The van der Waals surface area contributed by atoms with E-state index in [9.17, 15) is 35.1 Å². The summed E-state index contributed by atoms with van der Waals surface area (Å²) in [5, 5.41) is 0. The van der Waals surface area contributed by atoms with E-state index in [-0.39, 0.29) is 22.6 Å². The molecule has 0 aliphatic heterocycles. The van der Waals surface area contributed by atoms with Crippen molar-refractivity contribution in [2.45, 2.75) is 29.4 Å². The summed E-state index contributed by atoms with van der Waals surface area (Å²) in [5.74, 6) is -4.68. The second kappa shape index (κ2) is 7.11. The Balaban J connectivity index is 2.17. The zero-order valence-corrected chi connectivity index (χ0v) is 16.3. The van der Waals surface area contributed by atoms with Crippen LogP contribution in [0.1, 0.15) is 17.4 Å². The van der Waals surface area contributed by atoms with Gasteiger partial charge in [-0.25, -0.2) is 9.97 Å². The SMILES string of the molecule is CCSc1sc(C(F)(F)F)cc1-c1nc2cc(C(F)(F)C(F)(F)F)cnc2n1C. The average Bonchev–Trinajstić information content (AvgIpc) is 3.15. The molecule has 0 amide bonds. The van der Waals surface area contributed by atoms with Gasteiger partial charge in [-0.15, -0.1) is 23.1 Å². The summed E-state index contributed by atoms with van der Waals surface area (Å²) in [4.78, 5) is 6.77. The molecule has 0 fully saturated rings. The first-order valence-corrected chi connectivity index (χ1v) is 9.69. The zero-order valence-electron chi connectivity index (χ0n) is 14.6. The monoisotopic (exact) mass is 461 g/mol. The average molecular weight is 461 g/mol. The summed E-state index contributed by atoms with van der Waals surface area (Å²) in [6, 6.07) is 1.43. The number of alkyl halides is 8. The second-order valence-corrected chi connectivity index (χ2v) is 8.46. The maximum atomic E-state index is 13.6. The Morgan fingerprint density at radius 2 is 1.72 bits per heavy atom. The molecule has 0 spiro atoms. The summed E-state index contributed by atoms with van der Waals surface area (Å²) in [6.45, 7) is 1.74. The summed E-state index contributed by atoms with van der Waals surface area (Å²) in [5.41, 5.74) is -1.60. The summed E-state index contributed by atoms with van der Waals surface area (Å²) < 4.78 is 106. The van der Waals surface area contributed by atoms with Gasteiger partial charge in [0.25, 0.3) is 0 Å². The van der Waals surface area contributed by atoms with Crippen LogP contribution < -0.4 is 0 Å². The van der Waals surface area contributed by atoms with Crippen molar-refractivity contribution >= 4 is 34.3 Å². The lowest BCUT2D eigenvalue weighted by Gasteiger charge is -2.19. The Kier molecular flexibility index (Phi) is 5.35. The van der Waals surface area contributed by atoms with Crippen molar-refractivity contribution in [3.05, 3.63) is 28.8 Å². The molecule has 3 nitrogen and oxygen atoms in total. The topological polar surface area (TPSA) is 30.7 Å². The predicted octanol–water partition coefficient (Wildman–Crippen LogP) is 6.48. The molecule has 0 radical (unpaired) electrons. The van der Waals surface area contributed by atoms with Crippen LogP contribution in [0.15, 0.2) is 22.5 Å². The first kappa shape index (κ1) is 21.8. The third-order valence-electron chi connectivity index (χ3n) is 3.92. The number of aromatic nitrogens is 3. The quantitative estimate of drug-likeness (QED) is 0.329. The molecule has 0 N–H and O–H groups in total. The summed E-state index contributed by atoms with van der Waals surface area (Å²) in [6.07, 6.45) is -10.0. The van der Waals surface area contributed by atoms with Crippen molar-refractivity contribution in [1.82, 2.24) is 14.5 Å². The molecule has 0 unspecified atom stereocenters. The van der Waals surface area contributed by atoms with Gasteiger partial charge < -0.3 is 4.57 Å². The molecule has 3 aromatic heterocycles. The highest BCUT2D eigenvalue weighted by atomic mass is 32.2. The molecule has 3 rings (SSSR count). The Morgan fingerprint density at radius 1 is 1.07 bits per heavy atom. The fraction of sp³-hybridized carbons (Fsp3) is 0.375. The molecule has 0 aliphatic carbocycles. The highest BCUT2D eigenvalue weighted by Crippen LogP contribution is 2.46. The number of thioether (sulfide) groups is 1. The number of fused-ring (bicyclic) bond motifs is 1. The van der Waals surface area contributed by atoms with Gasteiger partial charge >= 0.3 is 18.3 Å². The molecule has 0 saturated carbocycles. The molecule has 0 aliphatic rings. The molecular weight excluding hydrogens is 450 g/mol. The third-order valence-corrected chi connectivity index (χ3v) is 6.27. The number of hydrogen-bond acceptors (Lipinski definition) is 4. The number of halogens is 8. The van der Waals surface area contributed by atoms with Gasteiger partial charge in [0.1, 0.15) is 16.2 Å². The Morgan fingerprint density at radius 3 is 2.28 bits per heavy atom. The number of nitrogens with zero attached hydrogens (tertiary/aromatic N) is 3.